The Balaban J connectivity index is 1.93. The summed E-state index contributed by atoms with van der Waals surface area (Å²) in [6.07, 6.45) is 0.811. The number of nitrogens with one attached hydrogen (secondary N) is 1. The van der Waals surface area contributed by atoms with Crippen molar-refractivity contribution in [1.29, 1.82) is 0 Å². The van der Waals surface area contributed by atoms with Gasteiger partial charge in [0, 0.05) is 20.6 Å². The zero-order valence-corrected chi connectivity index (χ0v) is 13.1. The van der Waals surface area contributed by atoms with Crippen LogP contribution in [-0.4, -0.2) is 7.05 Å². The summed E-state index contributed by atoms with van der Waals surface area (Å²) in [6.45, 7) is 0. The van der Waals surface area contributed by atoms with Crippen LogP contribution in [0.3, 0.4) is 0 Å². The summed E-state index contributed by atoms with van der Waals surface area (Å²) in [5, 5.41) is 5.19. The predicted molar refractivity (Wildman–Crippen MR) is 88.7 cm³/mol. The normalized spacial score (nSPS) is 12.7. The molecule has 1 nitrogen and oxygen atoms in total. The number of hydrogen-bond acceptors (Lipinski definition) is 2. The lowest BCUT2D eigenvalue weighted by atomic mass is 10.0. The van der Waals surface area contributed by atoms with E-state index in [0.717, 1.165) is 27.1 Å². The highest BCUT2D eigenvalue weighted by Crippen LogP contribution is 2.32. The molecule has 0 fully saturated rings. The van der Waals surface area contributed by atoms with Crippen LogP contribution in [0.2, 0.25) is 5.02 Å². The van der Waals surface area contributed by atoms with Crippen LogP contribution < -0.4 is 5.32 Å². The smallest absolute Gasteiger partial charge is 0.124 e. The molecule has 0 radical (unpaired) electrons. The maximum absolute atomic E-state index is 13.3. The first-order valence-corrected chi connectivity index (χ1v) is 7.96. The Morgan fingerprint density at radius 3 is 2.76 bits per heavy atom. The van der Waals surface area contributed by atoms with E-state index in [9.17, 15) is 4.39 Å². The Hall–Kier alpha value is -1.42. The number of rotatable bonds is 4. The molecule has 1 N–H and O–H groups in total. The summed E-state index contributed by atoms with van der Waals surface area (Å²) < 4.78 is 14.3. The fourth-order valence-electron chi connectivity index (χ4n) is 2.43. The van der Waals surface area contributed by atoms with E-state index in [-0.39, 0.29) is 11.9 Å². The number of halogens is 2. The van der Waals surface area contributed by atoms with E-state index in [2.05, 4.69) is 11.4 Å². The molecule has 0 saturated heterocycles. The fourth-order valence-corrected chi connectivity index (χ4v) is 3.84. The van der Waals surface area contributed by atoms with Crippen molar-refractivity contribution in [2.75, 3.05) is 7.05 Å². The maximum atomic E-state index is 13.3. The number of thiophene rings is 1. The van der Waals surface area contributed by atoms with Crippen molar-refractivity contribution in [3.8, 4) is 0 Å². The summed E-state index contributed by atoms with van der Waals surface area (Å²) in [5.41, 5.74) is 1.11. The van der Waals surface area contributed by atoms with Gasteiger partial charge in [0.05, 0.1) is 0 Å². The summed E-state index contributed by atoms with van der Waals surface area (Å²) in [7, 11) is 1.94. The predicted octanol–water partition coefficient (Wildman–Crippen LogP) is 5.20. The minimum absolute atomic E-state index is 0.172. The molecule has 3 aromatic rings. The topological polar surface area (TPSA) is 12.0 Å². The maximum Gasteiger partial charge on any atom is 0.124 e. The van der Waals surface area contributed by atoms with Gasteiger partial charge in [-0.15, -0.1) is 11.3 Å². The van der Waals surface area contributed by atoms with Gasteiger partial charge in [-0.05, 0) is 48.7 Å². The van der Waals surface area contributed by atoms with Gasteiger partial charge in [-0.2, -0.15) is 0 Å². The summed E-state index contributed by atoms with van der Waals surface area (Å²) in [5.74, 6) is -0.192. The van der Waals surface area contributed by atoms with Crippen molar-refractivity contribution in [1.82, 2.24) is 5.32 Å². The van der Waals surface area contributed by atoms with E-state index in [1.165, 1.54) is 10.9 Å². The van der Waals surface area contributed by atoms with Crippen molar-refractivity contribution < 1.29 is 4.39 Å². The summed E-state index contributed by atoms with van der Waals surface area (Å²) in [4.78, 5) is 1.19. The van der Waals surface area contributed by atoms with Crippen molar-refractivity contribution in [2.45, 2.75) is 12.5 Å². The van der Waals surface area contributed by atoms with Gasteiger partial charge in [0.2, 0.25) is 0 Å². The van der Waals surface area contributed by atoms with Gasteiger partial charge < -0.3 is 5.32 Å². The zero-order chi connectivity index (χ0) is 14.8. The molecular weight excluding hydrogens is 305 g/mol. The van der Waals surface area contributed by atoms with Crippen LogP contribution in [-0.2, 0) is 6.42 Å². The Morgan fingerprint density at radius 2 is 2.00 bits per heavy atom. The third-order valence-corrected chi connectivity index (χ3v) is 5.16. The second kappa shape index (κ2) is 6.14. The second-order valence-electron chi connectivity index (χ2n) is 4.97. The number of likely N-dealkylation sites (N-methyl/N-ethyl adjacent to an activating group) is 1. The molecular formula is C17H15ClFNS. The lowest BCUT2D eigenvalue weighted by Gasteiger charge is -2.15. The third kappa shape index (κ3) is 3.10. The molecule has 1 heterocycles. The molecule has 1 unspecified atom stereocenters. The Bertz CT molecular complexity index is 768. The van der Waals surface area contributed by atoms with Crippen LogP contribution >= 0.6 is 22.9 Å². The van der Waals surface area contributed by atoms with E-state index in [1.54, 1.807) is 17.4 Å². The van der Waals surface area contributed by atoms with Gasteiger partial charge in [-0.3, -0.25) is 0 Å². The van der Waals surface area contributed by atoms with Crippen LogP contribution in [0.5, 0.6) is 0 Å². The molecule has 21 heavy (non-hydrogen) atoms. The summed E-state index contributed by atoms with van der Waals surface area (Å²) >= 11 is 7.86. The van der Waals surface area contributed by atoms with Crippen molar-refractivity contribution in [2.24, 2.45) is 0 Å². The van der Waals surface area contributed by atoms with Crippen molar-refractivity contribution in [3.05, 3.63) is 69.8 Å². The largest absolute Gasteiger partial charge is 0.312 e. The number of hydrogen-bond donors (Lipinski definition) is 1. The Labute approximate surface area is 132 Å². The number of fused-ring (bicyclic) bond motifs is 1. The Kier molecular flexibility index (Phi) is 4.24. The van der Waals surface area contributed by atoms with Gasteiger partial charge in [-0.1, -0.05) is 35.9 Å². The van der Waals surface area contributed by atoms with Crippen LogP contribution in [0.4, 0.5) is 4.39 Å². The molecule has 108 valence electrons. The highest BCUT2D eigenvalue weighted by molar-refractivity contribution is 7.19. The highest BCUT2D eigenvalue weighted by atomic mass is 35.5. The molecule has 1 aromatic heterocycles. The fraction of sp³-hybridized carbons (Fsp3) is 0.176. The molecule has 4 heteroatoms. The minimum Gasteiger partial charge on any atom is -0.312 e. The van der Waals surface area contributed by atoms with Crippen LogP contribution in [0.1, 0.15) is 16.5 Å². The van der Waals surface area contributed by atoms with Gasteiger partial charge in [0.25, 0.3) is 0 Å². The molecule has 0 spiro atoms. The quantitative estimate of drug-likeness (QED) is 0.697. The highest BCUT2D eigenvalue weighted by Gasteiger charge is 2.15. The van der Waals surface area contributed by atoms with Gasteiger partial charge >= 0.3 is 0 Å². The van der Waals surface area contributed by atoms with Crippen molar-refractivity contribution in [3.63, 3.8) is 0 Å². The molecule has 1 atom stereocenters. The average Bonchev–Trinajstić information content (AvgIpc) is 2.89. The molecule has 3 rings (SSSR count). The molecule has 0 aliphatic carbocycles. The van der Waals surface area contributed by atoms with E-state index < -0.39 is 0 Å². The van der Waals surface area contributed by atoms with E-state index in [4.69, 9.17) is 11.6 Å². The van der Waals surface area contributed by atoms with Crippen LogP contribution in [0, 0.1) is 5.82 Å². The van der Waals surface area contributed by atoms with Gasteiger partial charge in [-0.25, -0.2) is 4.39 Å². The summed E-state index contributed by atoms with van der Waals surface area (Å²) in [6, 6.07) is 15.1. The van der Waals surface area contributed by atoms with Gasteiger partial charge in [0.15, 0.2) is 0 Å². The molecule has 0 saturated carbocycles. The first-order valence-electron chi connectivity index (χ1n) is 6.77. The van der Waals surface area contributed by atoms with E-state index in [1.807, 2.05) is 37.4 Å². The molecule has 2 aromatic carbocycles. The Morgan fingerprint density at radius 1 is 1.19 bits per heavy atom. The standard InChI is InChI=1S/C17H15ClFNS/c1-20-15(8-11-4-2-3-5-14(11)18)17-9-12-6-7-13(19)10-16(12)21-17/h2-7,9-10,15,20H,8H2,1H3. The lowest BCUT2D eigenvalue weighted by molar-refractivity contribution is 0.602. The molecule has 0 aliphatic heterocycles. The van der Waals surface area contributed by atoms with Crippen LogP contribution in [0.25, 0.3) is 10.1 Å². The SMILES string of the molecule is CNC(Cc1ccccc1Cl)c1cc2ccc(F)cc2s1. The van der Waals surface area contributed by atoms with Crippen molar-refractivity contribution >= 4 is 33.0 Å². The molecule has 0 aliphatic rings. The zero-order valence-electron chi connectivity index (χ0n) is 11.6. The minimum atomic E-state index is -0.192. The molecule has 0 amide bonds. The first kappa shape index (κ1) is 14.5. The average molecular weight is 320 g/mol. The van der Waals surface area contributed by atoms with Gasteiger partial charge in [0.1, 0.15) is 5.82 Å². The molecule has 0 bridgehead atoms. The van der Waals surface area contributed by atoms with E-state index >= 15 is 0 Å². The third-order valence-electron chi connectivity index (χ3n) is 3.57. The first-order chi connectivity index (χ1) is 10.2. The number of benzene rings is 2. The monoisotopic (exact) mass is 319 g/mol. The van der Waals surface area contributed by atoms with Crippen LogP contribution in [0.15, 0.2) is 48.5 Å². The lowest BCUT2D eigenvalue weighted by Crippen LogP contribution is -2.17. The second-order valence-corrected chi connectivity index (χ2v) is 6.49. The van der Waals surface area contributed by atoms with E-state index in [0.29, 0.717) is 0 Å².